The molecule has 1 fully saturated rings. The molecule has 1 amide bonds. The highest BCUT2D eigenvalue weighted by Gasteiger charge is 2.29. The largest absolute Gasteiger partial charge is 0.473 e. The number of aryl methyl sites for hydroxylation is 1. The number of carbonyl (C=O) groups excluding carboxylic acids is 1. The van der Waals surface area contributed by atoms with Crippen LogP contribution in [0.4, 0.5) is 5.69 Å². The molecule has 0 bridgehead atoms. The van der Waals surface area contributed by atoms with Crippen LogP contribution in [-0.2, 0) is 5.41 Å². The molecule has 7 heteroatoms. The number of ether oxygens (including phenoxy) is 1. The van der Waals surface area contributed by atoms with E-state index in [1.54, 1.807) is 6.20 Å². The number of aromatic nitrogens is 2. The summed E-state index contributed by atoms with van der Waals surface area (Å²) in [5, 5.41) is 4.59. The average Bonchev–Trinajstić information content (AvgIpc) is 3.08. The van der Waals surface area contributed by atoms with E-state index in [1.165, 1.54) is 4.68 Å². The van der Waals surface area contributed by atoms with Crippen molar-refractivity contribution in [2.75, 3.05) is 31.1 Å². The Labute approximate surface area is 270 Å². The maximum atomic E-state index is 14.2. The summed E-state index contributed by atoms with van der Waals surface area (Å²) < 4.78 is 8.16. The van der Waals surface area contributed by atoms with E-state index in [0.29, 0.717) is 37.6 Å². The number of nitrogens with zero attached hydrogens (tertiary/aromatic N) is 4. The Bertz CT molecular complexity index is 1820. The molecule has 1 aromatic heterocycles. The summed E-state index contributed by atoms with van der Waals surface area (Å²) in [7, 11) is 0. The van der Waals surface area contributed by atoms with E-state index in [0.717, 1.165) is 27.8 Å². The summed E-state index contributed by atoms with van der Waals surface area (Å²) in [6.07, 6.45) is 1.20. The fourth-order valence-corrected chi connectivity index (χ4v) is 5.86. The molecule has 5 aromatic rings. The standard InChI is InChI=1S/C39H40N4O3/c1-28-20-21-31(39(2,3)4)26-33(28)37(44)42-24-22-41(23-25-42)34-27-40-43(32-18-12-7-13-19-32)38(45)36(34)46-35(29-14-8-5-9-15-29)30-16-10-6-11-17-30/h5-21,26-27,35H,22-25H2,1-4H3. The van der Waals surface area contributed by atoms with E-state index in [4.69, 9.17) is 4.74 Å². The lowest BCUT2D eigenvalue weighted by Gasteiger charge is -2.37. The quantitative estimate of drug-likeness (QED) is 0.199. The Morgan fingerprint density at radius 2 is 1.35 bits per heavy atom. The van der Waals surface area contributed by atoms with Gasteiger partial charge in [0.25, 0.3) is 5.91 Å². The summed E-state index contributed by atoms with van der Waals surface area (Å²) in [5.41, 5.74) is 5.60. The van der Waals surface area contributed by atoms with Crippen LogP contribution in [0.25, 0.3) is 5.69 Å². The van der Waals surface area contributed by atoms with Gasteiger partial charge in [0.15, 0.2) is 0 Å². The first-order chi connectivity index (χ1) is 22.2. The molecule has 4 aromatic carbocycles. The maximum absolute atomic E-state index is 14.2. The zero-order valence-electron chi connectivity index (χ0n) is 26.9. The fraction of sp³-hybridized carbons (Fsp3) is 0.256. The van der Waals surface area contributed by atoms with Gasteiger partial charge in [-0.25, -0.2) is 0 Å². The van der Waals surface area contributed by atoms with Crippen LogP contribution in [0, 0.1) is 6.92 Å². The Kier molecular flexibility index (Phi) is 8.75. The first-order valence-electron chi connectivity index (χ1n) is 15.8. The van der Waals surface area contributed by atoms with Gasteiger partial charge in [0.1, 0.15) is 11.8 Å². The Morgan fingerprint density at radius 1 is 0.783 bits per heavy atom. The van der Waals surface area contributed by atoms with Gasteiger partial charge in [-0.1, -0.05) is 112 Å². The van der Waals surface area contributed by atoms with Crippen molar-refractivity contribution in [2.45, 2.75) is 39.2 Å². The Balaban J connectivity index is 1.33. The molecule has 0 saturated carbocycles. The van der Waals surface area contributed by atoms with Crippen molar-refractivity contribution in [3.63, 3.8) is 0 Å². The summed E-state index contributed by atoms with van der Waals surface area (Å²) in [6, 6.07) is 35.4. The normalized spacial score (nSPS) is 13.6. The Hall–Kier alpha value is -5.17. The molecule has 2 heterocycles. The minimum atomic E-state index is -0.513. The summed E-state index contributed by atoms with van der Waals surface area (Å²) >= 11 is 0. The monoisotopic (exact) mass is 612 g/mol. The topological polar surface area (TPSA) is 67.7 Å². The van der Waals surface area contributed by atoms with Crippen molar-refractivity contribution >= 4 is 11.6 Å². The van der Waals surface area contributed by atoms with Crippen molar-refractivity contribution in [1.82, 2.24) is 14.7 Å². The highest BCUT2D eigenvalue weighted by molar-refractivity contribution is 5.96. The highest BCUT2D eigenvalue weighted by Crippen LogP contribution is 2.33. The third-order valence-corrected chi connectivity index (χ3v) is 8.60. The molecule has 0 spiro atoms. The van der Waals surface area contributed by atoms with E-state index in [9.17, 15) is 9.59 Å². The maximum Gasteiger partial charge on any atom is 0.316 e. The van der Waals surface area contributed by atoms with Gasteiger partial charge in [-0.2, -0.15) is 9.78 Å². The van der Waals surface area contributed by atoms with Crippen LogP contribution >= 0.6 is 0 Å². The van der Waals surface area contributed by atoms with E-state index in [-0.39, 0.29) is 22.6 Å². The van der Waals surface area contributed by atoms with Gasteiger partial charge in [-0.05, 0) is 52.8 Å². The Morgan fingerprint density at radius 3 is 1.91 bits per heavy atom. The minimum absolute atomic E-state index is 0.0329. The van der Waals surface area contributed by atoms with Crippen LogP contribution in [0.2, 0.25) is 0 Å². The summed E-state index contributed by atoms with van der Waals surface area (Å²) in [4.78, 5) is 32.0. The van der Waals surface area contributed by atoms with E-state index in [2.05, 4.69) is 36.8 Å². The molecule has 6 rings (SSSR count). The predicted molar refractivity (Wildman–Crippen MR) is 183 cm³/mol. The van der Waals surface area contributed by atoms with Crippen LogP contribution in [0.5, 0.6) is 5.75 Å². The first kappa shape index (κ1) is 30.8. The van der Waals surface area contributed by atoms with Gasteiger partial charge in [0, 0.05) is 31.7 Å². The number of benzene rings is 4. The smallest absolute Gasteiger partial charge is 0.316 e. The second-order valence-electron chi connectivity index (χ2n) is 12.8. The third kappa shape index (κ3) is 6.45. The lowest BCUT2D eigenvalue weighted by atomic mass is 9.85. The number of piperazine rings is 1. The van der Waals surface area contributed by atoms with E-state index in [1.807, 2.05) is 115 Å². The van der Waals surface area contributed by atoms with Crippen molar-refractivity contribution in [3.05, 3.63) is 154 Å². The van der Waals surface area contributed by atoms with Crippen LogP contribution in [0.3, 0.4) is 0 Å². The molecule has 1 saturated heterocycles. The molecule has 0 N–H and O–H groups in total. The molecule has 7 nitrogen and oxygen atoms in total. The summed E-state index contributed by atoms with van der Waals surface area (Å²) in [6.45, 7) is 10.6. The zero-order chi connectivity index (χ0) is 32.3. The van der Waals surface area contributed by atoms with Gasteiger partial charge in [-0.3, -0.25) is 9.59 Å². The molecule has 0 radical (unpaired) electrons. The van der Waals surface area contributed by atoms with Crippen LogP contribution < -0.4 is 15.2 Å². The molecule has 1 aliphatic heterocycles. The number of anilines is 1. The van der Waals surface area contributed by atoms with Gasteiger partial charge in [-0.15, -0.1) is 0 Å². The fourth-order valence-electron chi connectivity index (χ4n) is 5.86. The van der Waals surface area contributed by atoms with Crippen molar-refractivity contribution in [2.24, 2.45) is 0 Å². The van der Waals surface area contributed by atoms with Crippen LogP contribution in [0.15, 0.2) is 120 Å². The SMILES string of the molecule is Cc1ccc(C(C)(C)C)cc1C(=O)N1CCN(c2cnn(-c3ccccc3)c(=O)c2OC(c2ccccc2)c2ccccc2)CC1. The number of para-hydroxylation sites is 1. The molecular formula is C39H40N4O3. The number of rotatable bonds is 7. The molecule has 0 atom stereocenters. The second kappa shape index (κ2) is 13.1. The van der Waals surface area contributed by atoms with Gasteiger partial charge in [0.05, 0.1) is 11.9 Å². The third-order valence-electron chi connectivity index (χ3n) is 8.60. The first-order valence-corrected chi connectivity index (χ1v) is 15.8. The van der Waals surface area contributed by atoms with Crippen molar-refractivity contribution in [1.29, 1.82) is 0 Å². The van der Waals surface area contributed by atoms with Crippen molar-refractivity contribution < 1.29 is 9.53 Å². The number of amides is 1. The van der Waals surface area contributed by atoms with Crippen LogP contribution in [0.1, 0.15) is 59.5 Å². The van der Waals surface area contributed by atoms with Gasteiger partial charge >= 0.3 is 5.56 Å². The summed E-state index contributed by atoms with van der Waals surface area (Å²) in [5.74, 6) is 0.260. The van der Waals surface area contributed by atoms with Gasteiger partial charge in [0.2, 0.25) is 5.75 Å². The molecule has 0 unspecified atom stereocenters. The van der Waals surface area contributed by atoms with Crippen molar-refractivity contribution in [3.8, 4) is 11.4 Å². The van der Waals surface area contributed by atoms with E-state index >= 15 is 0 Å². The molecule has 1 aliphatic rings. The molecule has 234 valence electrons. The van der Waals surface area contributed by atoms with Gasteiger partial charge < -0.3 is 14.5 Å². The zero-order valence-corrected chi connectivity index (χ0v) is 26.9. The highest BCUT2D eigenvalue weighted by atomic mass is 16.5. The number of carbonyl (C=O) groups is 1. The predicted octanol–water partition coefficient (Wildman–Crippen LogP) is 6.97. The number of hydrogen-bond acceptors (Lipinski definition) is 5. The minimum Gasteiger partial charge on any atom is -0.473 e. The van der Waals surface area contributed by atoms with E-state index < -0.39 is 6.10 Å². The van der Waals surface area contributed by atoms with Crippen LogP contribution in [-0.4, -0.2) is 46.8 Å². The lowest BCUT2D eigenvalue weighted by Crippen LogP contribution is -2.49. The average molecular weight is 613 g/mol. The molecular weight excluding hydrogens is 572 g/mol. The molecule has 46 heavy (non-hydrogen) atoms. The second-order valence-corrected chi connectivity index (χ2v) is 12.8. The molecule has 0 aliphatic carbocycles. The lowest BCUT2D eigenvalue weighted by molar-refractivity contribution is 0.0745. The number of hydrogen-bond donors (Lipinski definition) is 0.